The van der Waals surface area contributed by atoms with Crippen LogP contribution in [0, 0.1) is 0 Å². The van der Waals surface area contributed by atoms with Gasteiger partial charge in [-0.25, -0.2) is 0 Å². The van der Waals surface area contributed by atoms with Gasteiger partial charge >= 0.3 is 0 Å². The number of aromatic nitrogens is 2. The first kappa shape index (κ1) is 20.5. The second-order valence-corrected chi connectivity index (χ2v) is 7.52. The van der Waals surface area contributed by atoms with Gasteiger partial charge in [-0.1, -0.05) is 28.1 Å². The van der Waals surface area contributed by atoms with E-state index in [-0.39, 0.29) is 6.04 Å². The average molecular weight is 421 g/mol. The molecule has 0 fully saturated rings. The van der Waals surface area contributed by atoms with Gasteiger partial charge in [0, 0.05) is 43.4 Å². The van der Waals surface area contributed by atoms with Crippen molar-refractivity contribution >= 4 is 21.9 Å². The molecule has 142 valence electrons. The van der Waals surface area contributed by atoms with E-state index in [0.29, 0.717) is 6.54 Å². The van der Waals surface area contributed by atoms with Crippen LogP contribution in [0.4, 0.5) is 0 Å². The molecule has 1 aromatic heterocycles. The number of nitrogens with zero attached hydrogens (tertiary/aromatic N) is 5. The number of hydrogen-bond donors (Lipinski definition) is 1. The Morgan fingerprint density at radius 3 is 2.50 bits per heavy atom. The monoisotopic (exact) mass is 420 g/mol. The summed E-state index contributed by atoms with van der Waals surface area (Å²) in [4.78, 5) is 9.21. The van der Waals surface area contributed by atoms with Crippen molar-refractivity contribution in [3.05, 3.63) is 52.3 Å². The molecule has 0 aliphatic carbocycles. The van der Waals surface area contributed by atoms with Crippen LogP contribution in [0.25, 0.3) is 0 Å². The molecular formula is C19H29BrN6. The predicted octanol–water partition coefficient (Wildman–Crippen LogP) is 2.88. The molecule has 0 bridgehead atoms. The van der Waals surface area contributed by atoms with E-state index in [4.69, 9.17) is 4.99 Å². The third kappa shape index (κ3) is 5.85. The van der Waals surface area contributed by atoms with E-state index in [1.54, 1.807) is 0 Å². The molecule has 0 aliphatic rings. The number of likely N-dealkylation sites (N-methyl/N-ethyl adjacent to an activating group) is 1. The Hall–Kier alpha value is -1.86. The predicted molar refractivity (Wildman–Crippen MR) is 111 cm³/mol. The molecule has 7 heteroatoms. The summed E-state index contributed by atoms with van der Waals surface area (Å²) < 4.78 is 2.93. The molecule has 1 heterocycles. The van der Waals surface area contributed by atoms with Crippen molar-refractivity contribution in [1.29, 1.82) is 0 Å². The highest BCUT2D eigenvalue weighted by atomic mass is 79.9. The summed E-state index contributed by atoms with van der Waals surface area (Å²) in [5, 5.41) is 7.69. The van der Waals surface area contributed by atoms with Gasteiger partial charge in [-0.2, -0.15) is 5.10 Å². The second kappa shape index (κ2) is 9.73. The van der Waals surface area contributed by atoms with Crippen LogP contribution in [0.1, 0.15) is 24.1 Å². The Labute approximate surface area is 165 Å². The van der Waals surface area contributed by atoms with E-state index in [0.717, 1.165) is 23.5 Å². The number of halogens is 1. The van der Waals surface area contributed by atoms with Gasteiger partial charge < -0.3 is 15.1 Å². The van der Waals surface area contributed by atoms with Crippen molar-refractivity contribution in [2.24, 2.45) is 12.0 Å². The van der Waals surface area contributed by atoms with E-state index in [1.165, 1.54) is 11.1 Å². The molecule has 1 atom stereocenters. The number of aliphatic imine (C=N–C) groups is 1. The second-order valence-electron chi connectivity index (χ2n) is 6.60. The van der Waals surface area contributed by atoms with Crippen molar-refractivity contribution in [3.8, 4) is 0 Å². The van der Waals surface area contributed by atoms with Gasteiger partial charge in [0.1, 0.15) is 0 Å². The van der Waals surface area contributed by atoms with Gasteiger partial charge in [-0.05, 0) is 38.7 Å². The lowest BCUT2D eigenvalue weighted by molar-refractivity contribution is 0.305. The van der Waals surface area contributed by atoms with Crippen molar-refractivity contribution in [1.82, 2.24) is 24.9 Å². The zero-order valence-corrected chi connectivity index (χ0v) is 17.9. The molecule has 2 aromatic rings. The van der Waals surface area contributed by atoms with E-state index in [9.17, 15) is 0 Å². The Morgan fingerprint density at radius 1 is 1.27 bits per heavy atom. The minimum Gasteiger partial charge on any atom is -0.357 e. The third-order valence-electron chi connectivity index (χ3n) is 4.18. The summed E-state index contributed by atoms with van der Waals surface area (Å²) in [7, 11) is 8.16. The zero-order valence-electron chi connectivity index (χ0n) is 16.3. The standard InChI is InChI=1S/C19H29BrN6/c1-6-21-19(25(4)13-15-7-9-17(20)10-8-15)22-12-18(24(2)3)16-11-23-26(5)14-16/h7-11,14,18H,6,12-13H2,1-5H3,(H,21,22). The van der Waals surface area contributed by atoms with Gasteiger partial charge in [0.15, 0.2) is 5.96 Å². The molecule has 0 radical (unpaired) electrons. The molecule has 0 amide bonds. The fourth-order valence-corrected chi connectivity index (χ4v) is 3.02. The van der Waals surface area contributed by atoms with Crippen molar-refractivity contribution < 1.29 is 0 Å². The highest BCUT2D eigenvalue weighted by molar-refractivity contribution is 9.10. The van der Waals surface area contributed by atoms with E-state index in [2.05, 4.69) is 94.7 Å². The highest BCUT2D eigenvalue weighted by Gasteiger charge is 2.16. The lowest BCUT2D eigenvalue weighted by atomic mass is 10.1. The van der Waals surface area contributed by atoms with E-state index >= 15 is 0 Å². The maximum atomic E-state index is 4.88. The molecule has 0 saturated carbocycles. The van der Waals surface area contributed by atoms with Gasteiger partial charge in [-0.3, -0.25) is 9.67 Å². The van der Waals surface area contributed by atoms with Crippen molar-refractivity contribution in [2.75, 3.05) is 34.2 Å². The van der Waals surface area contributed by atoms with E-state index < -0.39 is 0 Å². The first-order valence-electron chi connectivity index (χ1n) is 8.79. The Morgan fingerprint density at radius 2 is 1.96 bits per heavy atom. The molecule has 6 nitrogen and oxygen atoms in total. The first-order valence-corrected chi connectivity index (χ1v) is 9.58. The van der Waals surface area contributed by atoms with Crippen LogP contribution in [0.5, 0.6) is 0 Å². The number of hydrogen-bond acceptors (Lipinski definition) is 3. The summed E-state index contributed by atoms with van der Waals surface area (Å²) in [5.41, 5.74) is 2.42. The fraction of sp³-hybridized carbons (Fsp3) is 0.474. The van der Waals surface area contributed by atoms with Crippen LogP contribution in [0.15, 0.2) is 46.1 Å². The maximum absolute atomic E-state index is 4.88. The quantitative estimate of drug-likeness (QED) is 0.552. The topological polar surface area (TPSA) is 48.7 Å². The number of benzene rings is 1. The summed E-state index contributed by atoms with van der Waals surface area (Å²) in [6.07, 6.45) is 3.97. The molecule has 2 rings (SSSR count). The molecule has 1 N–H and O–H groups in total. The Bertz CT molecular complexity index is 707. The molecular weight excluding hydrogens is 392 g/mol. The maximum Gasteiger partial charge on any atom is 0.194 e. The van der Waals surface area contributed by atoms with Gasteiger partial charge in [0.25, 0.3) is 0 Å². The van der Waals surface area contributed by atoms with Crippen LogP contribution in [0.2, 0.25) is 0 Å². The highest BCUT2D eigenvalue weighted by Crippen LogP contribution is 2.18. The van der Waals surface area contributed by atoms with Crippen LogP contribution in [-0.4, -0.2) is 59.8 Å². The Kier molecular flexibility index (Phi) is 7.66. The SMILES string of the molecule is CCNC(=NCC(c1cnn(C)c1)N(C)C)N(C)Cc1ccc(Br)cc1. The van der Waals surface area contributed by atoms with Crippen LogP contribution >= 0.6 is 15.9 Å². The third-order valence-corrected chi connectivity index (χ3v) is 4.71. The number of aryl methyl sites for hydroxylation is 1. The average Bonchev–Trinajstić information content (AvgIpc) is 3.02. The molecule has 0 spiro atoms. The minimum atomic E-state index is 0.193. The minimum absolute atomic E-state index is 0.193. The lowest BCUT2D eigenvalue weighted by Gasteiger charge is -2.25. The fourth-order valence-electron chi connectivity index (χ4n) is 2.76. The zero-order chi connectivity index (χ0) is 19.1. The molecule has 1 unspecified atom stereocenters. The summed E-state index contributed by atoms with van der Waals surface area (Å²) in [6.45, 7) is 4.40. The normalized spacial score (nSPS) is 13.1. The molecule has 1 aromatic carbocycles. The van der Waals surface area contributed by atoms with Crippen LogP contribution in [-0.2, 0) is 13.6 Å². The van der Waals surface area contributed by atoms with Gasteiger partial charge in [0.2, 0.25) is 0 Å². The van der Waals surface area contributed by atoms with Gasteiger partial charge in [-0.15, -0.1) is 0 Å². The summed E-state index contributed by atoms with van der Waals surface area (Å²) in [6, 6.07) is 8.58. The number of nitrogens with one attached hydrogen (secondary N) is 1. The van der Waals surface area contributed by atoms with Crippen LogP contribution < -0.4 is 5.32 Å². The van der Waals surface area contributed by atoms with Gasteiger partial charge in [0.05, 0.1) is 18.8 Å². The summed E-state index contributed by atoms with van der Waals surface area (Å²) >= 11 is 3.48. The summed E-state index contributed by atoms with van der Waals surface area (Å²) in [5.74, 6) is 0.908. The van der Waals surface area contributed by atoms with Crippen LogP contribution in [0.3, 0.4) is 0 Å². The first-order chi connectivity index (χ1) is 12.4. The molecule has 0 saturated heterocycles. The number of guanidine groups is 1. The molecule has 0 aliphatic heterocycles. The van der Waals surface area contributed by atoms with Crippen molar-refractivity contribution in [3.63, 3.8) is 0 Å². The van der Waals surface area contributed by atoms with Crippen molar-refractivity contribution in [2.45, 2.75) is 19.5 Å². The molecule has 26 heavy (non-hydrogen) atoms. The lowest BCUT2D eigenvalue weighted by Crippen LogP contribution is -2.39. The largest absolute Gasteiger partial charge is 0.357 e. The Balaban J connectivity index is 2.11. The smallest absolute Gasteiger partial charge is 0.194 e. The number of rotatable bonds is 7. The van der Waals surface area contributed by atoms with E-state index in [1.807, 2.05) is 17.9 Å².